The number of para-hydroxylation sites is 1. The molecule has 5 nitrogen and oxygen atoms in total. The first-order valence-corrected chi connectivity index (χ1v) is 9.98. The van der Waals surface area contributed by atoms with Crippen molar-refractivity contribution in [3.8, 4) is 11.3 Å². The van der Waals surface area contributed by atoms with E-state index >= 15 is 0 Å². The largest absolute Gasteiger partial charge is 0.452 e. The molecule has 1 heterocycles. The van der Waals surface area contributed by atoms with Crippen molar-refractivity contribution in [1.82, 2.24) is 10.3 Å². The van der Waals surface area contributed by atoms with E-state index in [-0.39, 0.29) is 18.6 Å². The summed E-state index contributed by atoms with van der Waals surface area (Å²) < 4.78 is 5.29. The third kappa shape index (κ3) is 5.33. The molecule has 0 spiro atoms. The van der Waals surface area contributed by atoms with E-state index in [2.05, 4.69) is 17.2 Å². The molecule has 3 rings (SSSR count). The summed E-state index contributed by atoms with van der Waals surface area (Å²) in [7, 11) is 0. The molecule has 0 radical (unpaired) electrons. The summed E-state index contributed by atoms with van der Waals surface area (Å²) in [6.45, 7) is 3.66. The summed E-state index contributed by atoms with van der Waals surface area (Å²) in [6, 6.07) is 16.3. The fourth-order valence-electron chi connectivity index (χ4n) is 3.14. The summed E-state index contributed by atoms with van der Waals surface area (Å²) in [5.74, 6) is -0.868. The van der Waals surface area contributed by atoms with Crippen LogP contribution in [0.15, 0.2) is 54.6 Å². The minimum Gasteiger partial charge on any atom is -0.452 e. The zero-order valence-corrected chi connectivity index (χ0v) is 17.2. The minimum absolute atomic E-state index is 0.0458. The number of rotatable bonds is 7. The topological polar surface area (TPSA) is 68.3 Å². The normalized spacial score (nSPS) is 11.8. The van der Waals surface area contributed by atoms with Gasteiger partial charge in [-0.1, -0.05) is 55.3 Å². The molecule has 0 saturated carbocycles. The van der Waals surface area contributed by atoms with Gasteiger partial charge >= 0.3 is 5.97 Å². The predicted octanol–water partition coefficient (Wildman–Crippen LogP) is 5.02. The van der Waals surface area contributed by atoms with Crippen LogP contribution >= 0.6 is 11.6 Å². The molecular weight excluding hydrogens is 388 g/mol. The van der Waals surface area contributed by atoms with E-state index in [1.807, 2.05) is 43.3 Å². The van der Waals surface area contributed by atoms with Crippen LogP contribution in [-0.4, -0.2) is 29.5 Å². The molecule has 1 N–H and O–H groups in total. The first-order valence-electron chi connectivity index (χ1n) is 9.60. The van der Waals surface area contributed by atoms with E-state index in [0.29, 0.717) is 27.2 Å². The van der Waals surface area contributed by atoms with Gasteiger partial charge in [0.05, 0.1) is 16.8 Å². The van der Waals surface area contributed by atoms with Crippen LogP contribution in [0.5, 0.6) is 0 Å². The maximum absolute atomic E-state index is 12.8. The average molecular weight is 411 g/mol. The van der Waals surface area contributed by atoms with Gasteiger partial charge in [0.25, 0.3) is 5.91 Å². The fraction of sp³-hybridized carbons (Fsp3) is 0.261. The summed E-state index contributed by atoms with van der Waals surface area (Å²) in [6.07, 6.45) is 1.84. The van der Waals surface area contributed by atoms with Crippen LogP contribution in [0.1, 0.15) is 37.0 Å². The Labute approximate surface area is 175 Å². The number of carbonyl (C=O) groups is 2. The lowest BCUT2D eigenvalue weighted by Crippen LogP contribution is -2.35. The van der Waals surface area contributed by atoms with Crippen molar-refractivity contribution in [2.24, 2.45) is 0 Å². The first kappa shape index (κ1) is 20.8. The highest BCUT2D eigenvalue weighted by atomic mass is 35.5. The average Bonchev–Trinajstić information content (AvgIpc) is 2.72. The number of hydrogen-bond donors (Lipinski definition) is 1. The van der Waals surface area contributed by atoms with Gasteiger partial charge in [-0.3, -0.25) is 4.79 Å². The maximum atomic E-state index is 12.8. The lowest BCUT2D eigenvalue weighted by Gasteiger charge is -2.13. The van der Waals surface area contributed by atoms with E-state index in [1.54, 1.807) is 18.2 Å². The highest BCUT2D eigenvalue weighted by molar-refractivity contribution is 6.30. The summed E-state index contributed by atoms with van der Waals surface area (Å²) in [4.78, 5) is 29.4. The molecule has 6 heteroatoms. The van der Waals surface area contributed by atoms with Gasteiger partial charge in [0.15, 0.2) is 6.61 Å². The fourth-order valence-corrected chi connectivity index (χ4v) is 3.27. The zero-order chi connectivity index (χ0) is 20.8. The lowest BCUT2D eigenvalue weighted by atomic mass is 10.0. The number of nitrogens with zero attached hydrogens (tertiary/aromatic N) is 1. The van der Waals surface area contributed by atoms with Crippen LogP contribution < -0.4 is 5.32 Å². The summed E-state index contributed by atoms with van der Waals surface area (Å²) in [5.41, 5.74) is 2.51. The number of aromatic nitrogens is 1. The maximum Gasteiger partial charge on any atom is 0.339 e. The Morgan fingerprint density at radius 1 is 1.14 bits per heavy atom. The SMILES string of the molecule is CCC[C@@H](C)NC(=O)COC(=O)c1cc(-c2ccc(Cl)cc2)nc2ccccc12. The van der Waals surface area contributed by atoms with Crippen LogP contribution in [0.3, 0.4) is 0 Å². The third-order valence-electron chi connectivity index (χ3n) is 4.54. The molecular formula is C23H23ClN2O3. The van der Waals surface area contributed by atoms with Crippen molar-refractivity contribution >= 4 is 34.4 Å². The molecule has 0 unspecified atom stereocenters. The molecule has 0 aliphatic carbocycles. The highest BCUT2D eigenvalue weighted by Crippen LogP contribution is 2.26. The Balaban J connectivity index is 1.84. The summed E-state index contributed by atoms with van der Waals surface area (Å²) >= 11 is 5.97. The Kier molecular flexibility index (Phi) is 6.83. The highest BCUT2D eigenvalue weighted by Gasteiger charge is 2.17. The van der Waals surface area contributed by atoms with Gasteiger partial charge in [0, 0.05) is 22.0 Å². The van der Waals surface area contributed by atoms with Gasteiger partial charge in [-0.25, -0.2) is 9.78 Å². The molecule has 29 heavy (non-hydrogen) atoms. The number of pyridine rings is 1. The summed E-state index contributed by atoms with van der Waals surface area (Å²) in [5, 5.41) is 4.12. The van der Waals surface area contributed by atoms with Gasteiger partial charge in [-0.2, -0.15) is 0 Å². The second kappa shape index (κ2) is 9.52. The Morgan fingerprint density at radius 3 is 2.59 bits per heavy atom. The van der Waals surface area contributed by atoms with E-state index in [0.717, 1.165) is 18.4 Å². The Hall–Kier alpha value is -2.92. The molecule has 0 bridgehead atoms. The Morgan fingerprint density at radius 2 is 1.86 bits per heavy atom. The van der Waals surface area contributed by atoms with Crippen molar-refractivity contribution in [3.63, 3.8) is 0 Å². The Bertz CT molecular complexity index is 1020. The van der Waals surface area contributed by atoms with E-state index in [4.69, 9.17) is 16.3 Å². The number of ether oxygens (including phenoxy) is 1. The molecule has 2 aromatic carbocycles. The molecule has 3 aromatic rings. The van der Waals surface area contributed by atoms with Gasteiger partial charge in [-0.05, 0) is 37.6 Å². The third-order valence-corrected chi connectivity index (χ3v) is 4.79. The number of hydrogen-bond acceptors (Lipinski definition) is 4. The lowest BCUT2D eigenvalue weighted by molar-refractivity contribution is -0.124. The molecule has 0 aliphatic heterocycles. The van der Waals surface area contributed by atoms with Crippen LogP contribution in [0, 0.1) is 0 Å². The standard InChI is InChI=1S/C23H23ClN2O3/c1-3-6-15(2)25-22(27)14-29-23(28)19-13-21(16-9-11-17(24)12-10-16)26-20-8-5-4-7-18(19)20/h4-5,7-13,15H,3,6,14H2,1-2H3,(H,25,27)/t15-/m1/s1. The van der Waals surface area contributed by atoms with Gasteiger partial charge < -0.3 is 10.1 Å². The number of halogens is 1. The van der Waals surface area contributed by atoms with Gasteiger partial charge in [0.1, 0.15) is 0 Å². The van der Waals surface area contributed by atoms with Gasteiger partial charge in [-0.15, -0.1) is 0 Å². The van der Waals surface area contributed by atoms with Crippen LogP contribution in [0.25, 0.3) is 22.2 Å². The number of benzene rings is 2. The van der Waals surface area contributed by atoms with Crippen LogP contribution in [0.2, 0.25) is 5.02 Å². The number of nitrogens with one attached hydrogen (secondary N) is 1. The second-order valence-corrected chi connectivity index (χ2v) is 7.35. The quantitative estimate of drug-likeness (QED) is 0.555. The van der Waals surface area contributed by atoms with Crippen molar-refractivity contribution in [2.45, 2.75) is 32.7 Å². The van der Waals surface area contributed by atoms with E-state index in [9.17, 15) is 9.59 Å². The zero-order valence-electron chi connectivity index (χ0n) is 16.4. The molecule has 150 valence electrons. The minimum atomic E-state index is -0.558. The predicted molar refractivity (Wildman–Crippen MR) is 115 cm³/mol. The molecule has 1 atom stereocenters. The van der Waals surface area contributed by atoms with Crippen LogP contribution in [-0.2, 0) is 9.53 Å². The van der Waals surface area contributed by atoms with Crippen molar-refractivity contribution < 1.29 is 14.3 Å². The van der Waals surface area contributed by atoms with Crippen molar-refractivity contribution in [2.75, 3.05) is 6.61 Å². The van der Waals surface area contributed by atoms with Crippen LogP contribution in [0.4, 0.5) is 0 Å². The monoisotopic (exact) mass is 410 g/mol. The molecule has 0 aliphatic rings. The first-order chi connectivity index (χ1) is 14.0. The second-order valence-electron chi connectivity index (χ2n) is 6.91. The molecule has 0 saturated heterocycles. The number of fused-ring (bicyclic) bond motifs is 1. The number of carbonyl (C=O) groups excluding carboxylic acids is 2. The molecule has 1 aromatic heterocycles. The molecule has 1 amide bonds. The number of amides is 1. The van der Waals surface area contributed by atoms with Gasteiger partial charge in [0.2, 0.25) is 0 Å². The van der Waals surface area contributed by atoms with Crippen molar-refractivity contribution in [3.05, 3.63) is 65.2 Å². The van der Waals surface area contributed by atoms with E-state index < -0.39 is 5.97 Å². The molecule has 0 fully saturated rings. The smallest absolute Gasteiger partial charge is 0.339 e. The van der Waals surface area contributed by atoms with E-state index in [1.165, 1.54) is 0 Å². The van der Waals surface area contributed by atoms with Crippen molar-refractivity contribution in [1.29, 1.82) is 0 Å². The number of esters is 1.